The molecule has 4 aromatic rings. The zero-order valence-corrected chi connectivity index (χ0v) is 28.3. The number of carboxylic acid groups (broad SMARTS) is 3. The molecule has 0 spiro atoms. The van der Waals surface area contributed by atoms with E-state index in [1.54, 1.807) is 18.2 Å². The fraction of sp³-hybridized carbons (Fsp3) is 0.344. The second kappa shape index (κ2) is 18.4. The minimum Gasteiger partial charge on any atom is -0.475 e. The molecule has 1 saturated heterocycles. The van der Waals surface area contributed by atoms with Gasteiger partial charge in [-0.2, -0.15) is 44.6 Å². The van der Waals surface area contributed by atoms with Crippen molar-refractivity contribution in [3.05, 3.63) is 81.5 Å². The van der Waals surface area contributed by atoms with Crippen molar-refractivity contribution in [2.75, 3.05) is 29.9 Å². The highest BCUT2D eigenvalue weighted by Gasteiger charge is 2.39. The lowest BCUT2D eigenvalue weighted by Gasteiger charge is -2.26. The van der Waals surface area contributed by atoms with Crippen LogP contribution in [0.4, 0.5) is 51.0 Å². The molecule has 1 amide bonds. The monoisotopic (exact) mass is 811 g/mol. The molecule has 0 bridgehead atoms. The number of pyridine rings is 2. The first-order valence-electron chi connectivity index (χ1n) is 15.8. The second-order valence-electron chi connectivity index (χ2n) is 11.7. The maximum atomic E-state index is 13.0. The predicted molar refractivity (Wildman–Crippen MR) is 176 cm³/mol. The average molecular weight is 812 g/mol. The van der Waals surface area contributed by atoms with Crippen molar-refractivity contribution in [3.8, 4) is 0 Å². The van der Waals surface area contributed by atoms with Crippen LogP contribution < -0.4 is 15.8 Å². The Hall–Kier alpha value is -6.20. The second-order valence-corrected chi connectivity index (χ2v) is 11.7. The molecule has 0 unspecified atom stereocenters. The summed E-state index contributed by atoms with van der Waals surface area (Å²) < 4.78 is 95.2. The number of nitrogens with one attached hydrogen (secondary N) is 3. The fourth-order valence-electron chi connectivity index (χ4n) is 5.02. The molecule has 2 aliphatic rings. The van der Waals surface area contributed by atoms with Crippen molar-refractivity contribution in [3.63, 3.8) is 0 Å². The average Bonchev–Trinajstić information content (AvgIpc) is 3.79. The van der Waals surface area contributed by atoms with E-state index in [1.165, 1.54) is 24.5 Å². The number of aromatic nitrogens is 4. The maximum Gasteiger partial charge on any atom is 0.490 e. The van der Waals surface area contributed by atoms with Crippen molar-refractivity contribution in [2.24, 2.45) is 0 Å². The number of carbonyl (C=O) groups excluding carboxylic acids is 1. The summed E-state index contributed by atoms with van der Waals surface area (Å²) >= 11 is 0. The number of hydrogen-bond donors (Lipinski definition) is 6. The lowest BCUT2D eigenvalue weighted by Crippen LogP contribution is -2.30. The highest BCUT2D eigenvalue weighted by atomic mass is 19.4. The van der Waals surface area contributed by atoms with E-state index in [0.717, 1.165) is 60.6 Å². The molecular formula is C32H30F9N7O8. The van der Waals surface area contributed by atoms with Crippen LogP contribution in [0.2, 0.25) is 0 Å². The van der Waals surface area contributed by atoms with Gasteiger partial charge in [0.25, 0.3) is 5.91 Å². The molecule has 1 aromatic carbocycles. The number of carboxylic acids is 3. The van der Waals surface area contributed by atoms with Crippen LogP contribution in [0, 0.1) is 0 Å². The summed E-state index contributed by atoms with van der Waals surface area (Å²) in [6.07, 6.45) is -10.0. The number of aromatic amines is 2. The van der Waals surface area contributed by atoms with Gasteiger partial charge in [0.15, 0.2) is 5.69 Å². The molecule has 6 N–H and O–H groups in total. The Morgan fingerprint density at radius 2 is 1.36 bits per heavy atom. The van der Waals surface area contributed by atoms with Gasteiger partial charge in [0.2, 0.25) is 5.56 Å². The molecule has 0 aliphatic carbocycles. The minimum atomic E-state index is -5.08. The normalized spacial score (nSPS) is 14.2. The summed E-state index contributed by atoms with van der Waals surface area (Å²) in [5, 5.41) is 32.6. The van der Waals surface area contributed by atoms with E-state index in [9.17, 15) is 49.1 Å². The molecule has 304 valence electrons. The van der Waals surface area contributed by atoms with Gasteiger partial charge in [-0.3, -0.25) is 19.6 Å². The summed E-state index contributed by atoms with van der Waals surface area (Å²) in [5.41, 5.74) is 4.83. The van der Waals surface area contributed by atoms with Crippen LogP contribution in [0.5, 0.6) is 0 Å². The maximum absolute atomic E-state index is 13.0. The number of carbonyl (C=O) groups is 4. The van der Waals surface area contributed by atoms with Crippen molar-refractivity contribution >= 4 is 46.2 Å². The van der Waals surface area contributed by atoms with Crippen LogP contribution in [0.3, 0.4) is 0 Å². The Balaban J connectivity index is 0.000000329. The summed E-state index contributed by atoms with van der Waals surface area (Å²) in [6, 6.07) is 12.9. The summed E-state index contributed by atoms with van der Waals surface area (Å²) in [7, 11) is 0. The van der Waals surface area contributed by atoms with Crippen LogP contribution >= 0.6 is 0 Å². The summed E-state index contributed by atoms with van der Waals surface area (Å²) in [5.74, 6) is -7.44. The zero-order valence-electron chi connectivity index (χ0n) is 28.3. The summed E-state index contributed by atoms with van der Waals surface area (Å²) in [6.45, 7) is 4.57. The number of aliphatic carboxylic acids is 3. The van der Waals surface area contributed by atoms with E-state index >= 15 is 0 Å². The molecule has 6 rings (SSSR count). The van der Waals surface area contributed by atoms with Crippen molar-refractivity contribution in [1.29, 1.82) is 0 Å². The summed E-state index contributed by atoms with van der Waals surface area (Å²) in [4.78, 5) is 63.3. The Kier molecular flexibility index (Phi) is 14.5. The third kappa shape index (κ3) is 13.3. The molecular weight excluding hydrogens is 781 g/mol. The third-order valence-electron chi connectivity index (χ3n) is 7.58. The molecule has 15 nitrogen and oxygen atoms in total. The molecule has 2 aliphatic heterocycles. The van der Waals surface area contributed by atoms with Crippen molar-refractivity contribution in [2.45, 2.75) is 50.9 Å². The standard InChI is InChI=1S/C26H27N7O2.3C2HF3O2/c34-24-8-4-18-13-19(5-6-21(18)29-24)28-26(35)25-20-9-12-32(16-22(20)30-31-25)15-17-3-7-23(27-14-17)33-10-1-2-11-33;3*3-2(4,5)1(6)7/h3-8,13-14H,1-2,9-12,15-16H2,(H,28,35)(H,29,34)(H,30,31);3*(H,6,7). The van der Waals surface area contributed by atoms with Gasteiger partial charge in [-0.15, -0.1) is 0 Å². The lowest BCUT2D eigenvalue weighted by molar-refractivity contribution is -0.193. The highest BCUT2D eigenvalue weighted by Crippen LogP contribution is 2.24. The Bertz CT molecular complexity index is 2000. The van der Waals surface area contributed by atoms with Crippen molar-refractivity contribution < 1.29 is 74.0 Å². The number of H-pyrrole nitrogens is 2. The van der Waals surface area contributed by atoms with E-state index < -0.39 is 36.4 Å². The Labute approximate surface area is 307 Å². The molecule has 0 saturated carbocycles. The number of hydrogen-bond acceptors (Lipinski definition) is 9. The van der Waals surface area contributed by atoms with Gasteiger partial charge in [0, 0.05) is 67.1 Å². The third-order valence-corrected chi connectivity index (χ3v) is 7.58. The molecule has 56 heavy (non-hydrogen) atoms. The van der Waals surface area contributed by atoms with Gasteiger partial charge >= 0.3 is 36.4 Å². The van der Waals surface area contributed by atoms with Gasteiger partial charge in [-0.1, -0.05) is 6.07 Å². The predicted octanol–water partition coefficient (Wildman–Crippen LogP) is 4.96. The number of fused-ring (bicyclic) bond motifs is 2. The highest BCUT2D eigenvalue weighted by molar-refractivity contribution is 6.05. The van der Waals surface area contributed by atoms with Gasteiger partial charge in [0.1, 0.15) is 5.82 Å². The number of nitrogens with zero attached hydrogens (tertiary/aromatic N) is 4. The van der Waals surface area contributed by atoms with Gasteiger partial charge < -0.3 is 30.5 Å². The number of rotatable bonds is 5. The molecule has 0 radical (unpaired) electrons. The van der Waals surface area contributed by atoms with Crippen LogP contribution in [-0.4, -0.2) is 102 Å². The number of anilines is 2. The molecule has 5 heterocycles. The van der Waals surface area contributed by atoms with E-state index in [2.05, 4.69) is 47.4 Å². The minimum absolute atomic E-state index is 0.151. The first-order valence-corrected chi connectivity index (χ1v) is 15.8. The quantitative estimate of drug-likeness (QED) is 0.147. The first kappa shape index (κ1) is 44.2. The number of amides is 1. The number of alkyl halides is 9. The largest absolute Gasteiger partial charge is 0.490 e. The topological polar surface area (TPSA) is 222 Å². The number of halogens is 9. The van der Waals surface area contributed by atoms with E-state index in [0.29, 0.717) is 17.9 Å². The zero-order chi connectivity index (χ0) is 42.0. The molecule has 0 atom stereocenters. The fourth-order valence-corrected chi connectivity index (χ4v) is 5.02. The molecule has 24 heteroatoms. The smallest absolute Gasteiger partial charge is 0.475 e. The van der Waals surface area contributed by atoms with Gasteiger partial charge in [-0.25, -0.2) is 19.4 Å². The SMILES string of the molecule is O=C(Nc1ccc2[nH]c(=O)ccc2c1)c1n[nH]c2c1CCN(Cc1ccc(N3CCCC3)nc1)C2.O=C(O)C(F)(F)F.O=C(O)C(F)(F)F.O=C(O)C(F)(F)F. The van der Waals surface area contributed by atoms with Gasteiger partial charge in [0.05, 0.1) is 5.69 Å². The molecule has 1 fully saturated rings. The van der Waals surface area contributed by atoms with E-state index in [1.807, 2.05) is 12.3 Å². The van der Waals surface area contributed by atoms with Crippen LogP contribution in [0.25, 0.3) is 10.9 Å². The Morgan fingerprint density at radius 1 is 0.786 bits per heavy atom. The van der Waals surface area contributed by atoms with Gasteiger partial charge in [-0.05, 0) is 55.2 Å². The Morgan fingerprint density at radius 3 is 1.88 bits per heavy atom. The first-order chi connectivity index (χ1) is 25.9. The number of benzene rings is 1. The van der Waals surface area contributed by atoms with Crippen LogP contribution in [-0.2, 0) is 33.9 Å². The van der Waals surface area contributed by atoms with Crippen molar-refractivity contribution in [1.82, 2.24) is 25.1 Å². The van der Waals surface area contributed by atoms with Crippen LogP contribution in [0.1, 0.15) is 40.2 Å². The van der Waals surface area contributed by atoms with Crippen LogP contribution in [0.15, 0.2) is 53.5 Å². The lowest BCUT2D eigenvalue weighted by atomic mass is 10.0. The molecule has 3 aromatic heterocycles. The van der Waals surface area contributed by atoms with E-state index in [-0.39, 0.29) is 11.5 Å². The van der Waals surface area contributed by atoms with E-state index in [4.69, 9.17) is 29.7 Å².